The normalized spacial score (nSPS) is 10.6. The molecular weight excluding hydrogens is 312 g/mol. The van der Waals surface area contributed by atoms with E-state index in [9.17, 15) is 4.79 Å². The second-order valence-electron chi connectivity index (χ2n) is 5.18. The van der Waals surface area contributed by atoms with Crippen LogP contribution in [0.5, 0.6) is 5.75 Å². The number of amides is 1. The van der Waals surface area contributed by atoms with E-state index in [0.29, 0.717) is 19.6 Å². The van der Waals surface area contributed by atoms with Crippen molar-refractivity contribution in [1.29, 1.82) is 0 Å². The summed E-state index contributed by atoms with van der Waals surface area (Å²) in [6.45, 7) is 3.02. The maximum atomic E-state index is 12.1. The maximum Gasteiger partial charge on any atom is 0.225 e. The fourth-order valence-electron chi connectivity index (χ4n) is 2.22. The predicted octanol–water partition coefficient (Wildman–Crippen LogP) is 2.51. The molecule has 124 valence electrons. The molecule has 1 aromatic heterocycles. The van der Waals surface area contributed by atoms with Crippen LogP contribution in [0.15, 0.2) is 24.3 Å². The van der Waals surface area contributed by atoms with Crippen molar-refractivity contribution >= 4 is 17.2 Å². The minimum absolute atomic E-state index is 0.0172. The van der Waals surface area contributed by atoms with Crippen molar-refractivity contribution in [2.24, 2.45) is 0 Å². The Balaban J connectivity index is 1.80. The Morgan fingerprint density at radius 1 is 1.35 bits per heavy atom. The van der Waals surface area contributed by atoms with Crippen LogP contribution >= 0.6 is 11.3 Å². The van der Waals surface area contributed by atoms with E-state index in [1.807, 2.05) is 31.2 Å². The number of aromatic nitrogens is 1. The highest BCUT2D eigenvalue weighted by Crippen LogP contribution is 2.19. The third kappa shape index (κ3) is 5.33. The molecule has 1 amide bonds. The summed E-state index contributed by atoms with van der Waals surface area (Å²) in [5.41, 5.74) is 2.05. The molecule has 0 saturated carbocycles. The number of aryl methyl sites for hydroxylation is 1. The molecule has 2 rings (SSSR count). The van der Waals surface area contributed by atoms with Gasteiger partial charge in [0.25, 0.3) is 0 Å². The van der Waals surface area contributed by atoms with Gasteiger partial charge in [0.15, 0.2) is 0 Å². The molecular formula is C17H22N2O3S. The number of hydrogen-bond donors (Lipinski definition) is 1. The van der Waals surface area contributed by atoms with E-state index in [2.05, 4.69) is 10.3 Å². The summed E-state index contributed by atoms with van der Waals surface area (Å²) in [7, 11) is 3.29. The van der Waals surface area contributed by atoms with Crippen LogP contribution in [-0.2, 0) is 29.0 Å². The lowest BCUT2D eigenvalue weighted by Crippen LogP contribution is -2.27. The number of carbonyl (C=O) groups is 1. The molecule has 0 unspecified atom stereocenters. The summed E-state index contributed by atoms with van der Waals surface area (Å²) < 4.78 is 10.3. The number of ether oxygens (including phenoxy) is 2. The lowest BCUT2D eigenvalue weighted by Gasteiger charge is -2.06. The first-order chi connectivity index (χ1) is 11.1. The Morgan fingerprint density at radius 3 is 2.91 bits per heavy atom. The highest BCUT2D eigenvalue weighted by Gasteiger charge is 2.11. The topological polar surface area (TPSA) is 60.5 Å². The van der Waals surface area contributed by atoms with Crippen LogP contribution in [-0.4, -0.2) is 31.7 Å². The monoisotopic (exact) mass is 334 g/mol. The van der Waals surface area contributed by atoms with Gasteiger partial charge in [-0.15, -0.1) is 11.3 Å². The van der Waals surface area contributed by atoms with Crippen molar-refractivity contribution in [3.05, 3.63) is 45.4 Å². The van der Waals surface area contributed by atoms with Gasteiger partial charge in [0.2, 0.25) is 5.91 Å². The molecule has 2 aromatic rings. The average molecular weight is 334 g/mol. The van der Waals surface area contributed by atoms with E-state index in [4.69, 9.17) is 9.47 Å². The molecule has 5 nitrogen and oxygen atoms in total. The molecule has 0 fully saturated rings. The van der Waals surface area contributed by atoms with Crippen molar-refractivity contribution in [3.8, 4) is 5.75 Å². The minimum Gasteiger partial charge on any atom is -0.497 e. The van der Waals surface area contributed by atoms with Crippen LogP contribution in [0.1, 0.15) is 21.1 Å². The van der Waals surface area contributed by atoms with Crippen molar-refractivity contribution in [1.82, 2.24) is 10.3 Å². The number of rotatable bonds is 8. The highest BCUT2D eigenvalue weighted by molar-refractivity contribution is 7.11. The van der Waals surface area contributed by atoms with Crippen LogP contribution in [0.2, 0.25) is 0 Å². The Hall–Kier alpha value is -1.92. The molecule has 0 radical (unpaired) electrons. The molecule has 0 aliphatic rings. The largest absolute Gasteiger partial charge is 0.497 e. The molecule has 0 saturated heterocycles. The standard InChI is InChI=1S/C17H22N2O3S/c1-12-15(23-17(19-12)11-21-2)10-16(20)18-8-7-13-5-4-6-14(9-13)22-3/h4-6,9H,7-8,10-11H2,1-3H3,(H,18,20). The van der Waals surface area contributed by atoms with Gasteiger partial charge < -0.3 is 14.8 Å². The van der Waals surface area contributed by atoms with E-state index < -0.39 is 0 Å². The van der Waals surface area contributed by atoms with Crippen LogP contribution < -0.4 is 10.1 Å². The van der Waals surface area contributed by atoms with Gasteiger partial charge >= 0.3 is 0 Å². The van der Waals surface area contributed by atoms with Gasteiger partial charge in [-0.05, 0) is 31.0 Å². The van der Waals surface area contributed by atoms with Crippen LogP contribution in [0.3, 0.4) is 0 Å². The summed E-state index contributed by atoms with van der Waals surface area (Å²) in [4.78, 5) is 17.5. The number of benzene rings is 1. The molecule has 0 spiro atoms. The van der Waals surface area contributed by atoms with Crippen LogP contribution in [0.25, 0.3) is 0 Å². The summed E-state index contributed by atoms with van der Waals surface area (Å²) in [5.74, 6) is 0.850. The molecule has 1 heterocycles. The maximum absolute atomic E-state index is 12.1. The number of methoxy groups -OCH3 is 2. The van der Waals surface area contributed by atoms with Crippen LogP contribution in [0.4, 0.5) is 0 Å². The average Bonchev–Trinajstić information content (AvgIpc) is 2.87. The molecule has 0 aliphatic heterocycles. The second-order valence-corrected chi connectivity index (χ2v) is 6.35. The zero-order valence-electron chi connectivity index (χ0n) is 13.7. The number of hydrogen-bond acceptors (Lipinski definition) is 5. The summed E-state index contributed by atoms with van der Waals surface area (Å²) in [5, 5.41) is 3.86. The second kappa shape index (κ2) is 8.64. The Bertz CT molecular complexity index is 655. The van der Waals surface area contributed by atoms with Crippen molar-refractivity contribution < 1.29 is 14.3 Å². The molecule has 1 aromatic carbocycles. The van der Waals surface area contributed by atoms with Gasteiger partial charge in [0, 0.05) is 18.5 Å². The van der Waals surface area contributed by atoms with E-state index >= 15 is 0 Å². The third-order valence-corrected chi connectivity index (χ3v) is 4.53. The van der Waals surface area contributed by atoms with Gasteiger partial charge in [-0.3, -0.25) is 4.79 Å². The fourth-order valence-corrected chi connectivity index (χ4v) is 3.26. The highest BCUT2D eigenvalue weighted by atomic mass is 32.1. The number of nitrogens with zero attached hydrogens (tertiary/aromatic N) is 1. The first-order valence-electron chi connectivity index (χ1n) is 7.46. The lowest BCUT2D eigenvalue weighted by molar-refractivity contribution is -0.120. The van der Waals surface area contributed by atoms with E-state index in [-0.39, 0.29) is 5.91 Å². The van der Waals surface area contributed by atoms with Crippen LogP contribution in [0, 0.1) is 6.92 Å². The zero-order chi connectivity index (χ0) is 16.7. The Morgan fingerprint density at radius 2 is 2.17 bits per heavy atom. The lowest BCUT2D eigenvalue weighted by atomic mass is 10.1. The summed E-state index contributed by atoms with van der Waals surface area (Å²) in [6, 6.07) is 7.87. The predicted molar refractivity (Wildman–Crippen MR) is 91.0 cm³/mol. The Kier molecular flexibility index (Phi) is 6.55. The van der Waals surface area contributed by atoms with Crippen molar-refractivity contribution in [3.63, 3.8) is 0 Å². The molecule has 0 aliphatic carbocycles. The Labute approximate surface area is 140 Å². The zero-order valence-corrected chi connectivity index (χ0v) is 14.5. The number of nitrogens with one attached hydrogen (secondary N) is 1. The van der Waals surface area contributed by atoms with Gasteiger partial charge in [0.1, 0.15) is 10.8 Å². The number of thiazole rings is 1. The number of carbonyl (C=O) groups excluding carboxylic acids is 1. The molecule has 0 atom stereocenters. The smallest absolute Gasteiger partial charge is 0.225 e. The minimum atomic E-state index is 0.0172. The molecule has 23 heavy (non-hydrogen) atoms. The first kappa shape index (κ1) is 17.4. The summed E-state index contributed by atoms with van der Waals surface area (Å²) in [6.07, 6.45) is 1.14. The van der Waals surface area contributed by atoms with Crippen molar-refractivity contribution in [2.75, 3.05) is 20.8 Å². The van der Waals surface area contributed by atoms with Gasteiger partial charge in [-0.25, -0.2) is 4.98 Å². The molecule has 6 heteroatoms. The van der Waals surface area contributed by atoms with E-state index in [1.54, 1.807) is 14.2 Å². The third-order valence-electron chi connectivity index (χ3n) is 3.40. The van der Waals surface area contributed by atoms with E-state index in [1.165, 1.54) is 11.3 Å². The summed E-state index contributed by atoms with van der Waals surface area (Å²) >= 11 is 1.53. The SMILES string of the molecule is COCc1nc(C)c(CC(=O)NCCc2cccc(OC)c2)s1. The fraction of sp³-hybridized carbons (Fsp3) is 0.412. The molecule has 0 bridgehead atoms. The van der Waals surface area contributed by atoms with Gasteiger partial charge in [0.05, 0.1) is 25.8 Å². The molecule has 1 N–H and O–H groups in total. The first-order valence-corrected chi connectivity index (χ1v) is 8.27. The van der Waals surface area contributed by atoms with E-state index in [0.717, 1.165) is 33.3 Å². The van der Waals surface area contributed by atoms with Gasteiger partial charge in [-0.2, -0.15) is 0 Å². The van der Waals surface area contributed by atoms with Gasteiger partial charge in [-0.1, -0.05) is 12.1 Å². The van der Waals surface area contributed by atoms with Crippen molar-refractivity contribution in [2.45, 2.75) is 26.4 Å². The quantitative estimate of drug-likeness (QED) is 0.806.